The number of nitro benzene ring substituents is 1. The van der Waals surface area contributed by atoms with Gasteiger partial charge in [0.1, 0.15) is 0 Å². The van der Waals surface area contributed by atoms with E-state index in [-0.39, 0.29) is 29.5 Å². The molecule has 0 bridgehead atoms. The lowest BCUT2D eigenvalue weighted by Crippen LogP contribution is -2.31. The Morgan fingerprint density at radius 1 is 0.897 bits per heavy atom. The molecule has 3 unspecified atom stereocenters. The smallest absolute Gasteiger partial charge is 0.269 e. The number of hydrogen-bond donors (Lipinski definition) is 3. The molecule has 3 N–H and O–H groups in total. The van der Waals surface area contributed by atoms with Gasteiger partial charge in [-0.15, -0.1) is 0 Å². The summed E-state index contributed by atoms with van der Waals surface area (Å²) in [5.41, 5.74) is 5.46. The molecule has 0 saturated carbocycles. The van der Waals surface area contributed by atoms with Gasteiger partial charge in [0.05, 0.1) is 22.2 Å². The Morgan fingerprint density at radius 3 is 2.41 bits per heavy atom. The van der Waals surface area contributed by atoms with Crippen molar-refractivity contribution in [2.24, 2.45) is 5.92 Å². The van der Waals surface area contributed by atoms with E-state index in [1.165, 1.54) is 12.1 Å². The van der Waals surface area contributed by atoms with Gasteiger partial charge in [0.25, 0.3) is 11.6 Å². The first-order valence-electron chi connectivity index (χ1n) is 12.7. The van der Waals surface area contributed by atoms with Crippen LogP contribution < -0.4 is 16.0 Å². The monoisotopic (exact) mass is 536 g/mol. The molecule has 39 heavy (non-hydrogen) atoms. The minimum absolute atomic E-state index is 0.0132. The molecule has 1 amide bonds. The first-order valence-corrected chi connectivity index (χ1v) is 13.1. The molecule has 0 radical (unpaired) electrons. The Hall–Kier alpha value is -4.62. The summed E-state index contributed by atoms with van der Waals surface area (Å²) in [5, 5.41) is 21.8. The Kier molecular flexibility index (Phi) is 6.50. The van der Waals surface area contributed by atoms with E-state index in [9.17, 15) is 14.9 Å². The molecule has 0 aromatic heterocycles. The Balaban J connectivity index is 1.28. The molecule has 4 aromatic carbocycles. The number of hydrogen-bond acceptors (Lipinski definition) is 5. The van der Waals surface area contributed by atoms with Gasteiger partial charge in [0.15, 0.2) is 0 Å². The lowest BCUT2D eigenvalue weighted by molar-refractivity contribution is -0.384. The molecule has 1 aliphatic heterocycles. The number of fused-ring (bicyclic) bond motifs is 3. The molecule has 0 fully saturated rings. The predicted octanol–water partition coefficient (Wildman–Crippen LogP) is 8.07. The van der Waals surface area contributed by atoms with E-state index in [0.717, 1.165) is 29.0 Å². The highest BCUT2D eigenvalue weighted by atomic mass is 35.5. The third-order valence-electron chi connectivity index (χ3n) is 7.37. The molecule has 194 valence electrons. The second-order valence-corrected chi connectivity index (χ2v) is 10.1. The van der Waals surface area contributed by atoms with Crippen LogP contribution in [-0.4, -0.2) is 10.8 Å². The minimum Gasteiger partial charge on any atom is -0.377 e. The number of nitro groups is 1. The summed E-state index contributed by atoms with van der Waals surface area (Å²) in [4.78, 5) is 24.6. The number of benzene rings is 4. The first kappa shape index (κ1) is 24.7. The van der Waals surface area contributed by atoms with E-state index in [4.69, 9.17) is 11.6 Å². The zero-order valence-corrected chi connectivity index (χ0v) is 21.6. The predicted molar refractivity (Wildman–Crippen MR) is 155 cm³/mol. The zero-order chi connectivity index (χ0) is 26.9. The number of nitrogens with one attached hydrogen (secondary N) is 3. The fraction of sp³-hybridized carbons (Fsp3) is 0.129. The lowest BCUT2D eigenvalue weighted by atomic mass is 9.76. The largest absolute Gasteiger partial charge is 0.377 e. The summed E-state index contributed by atoms with van der Waals surface area (Å²) in [7, 11) is 0. The van der Waals surface area contributed by atoms with Crippen LogP contribution in [0.2, 0.25) is 5.02 Å². The van der Waals surface area contributed by atoms with Crippen molar-refractivity contribution >= 4 is 45.9 Å². The van der Waals surface area contributed by atoms with E-state index in [1.54, 1.807) is 12.1 Å². The van der Waals surface area contributed by atoms with Crippen LogP contribution in [0.4, 0.5) is 28.4 Å². The van der Waals surface area contributed by atoms with E-state index in [0.29, 0.717) is 21.8 Å². The SMILES string of the molecule is O=C(Nc1ccc(Nc2ccccc2)cc1)c1cccc2c1NC(c1cc([N+](=O)[O-])ccc1Cl)C1CC=CC21. The van der Waals surface area contributed by atoms with Crippen molar-refractivity contribution in [1.82, 2.24) is 0 Å². The Bertz CT molecular complexity index is 1590. The summed E-state index contributed by atoms with van der Waals surface area (Å²) in [5.74, 6) is -0.0509. The zero-order valence-electron chi connectivity index (χ0n) is 20.8. The summed E-state index contributed by atoms with van der Waals surface area (Å²) >= 11 is 6.56. The standard InChI is InChI=1S/C31H25ClN4O3/c32-28-17-16-22(36(38)39)18-27(28)30-25-9-4-8-23(25)24-10-5-11-26(29(24)35-30)31(37)34-21-14-12-20(13-15-21)33-19-6-2-1-3-7-19/h1-8,10-18,23,25,30,33,35H,9H2,(H,34,37). The van der Waals surface area contributed by atoms with Gasteiger partial charge in [0.2, 0.25) is 0 Å². The van der Waals surface area contributed by atoms with E-state index < -0.39 is 4.92 Å². The number of carbonyl (C=O) groups is 1. The second kappa shape index (κ2) is 10.3. The normalized spacial score (nSPS) is 18.9. The van der Waals surface area contributed by atoms with Crippen LogP contribution >= 0.6 is 11.6 Å². The number of rotatable bonds is 6. The van der Waals surface area contributed by atoms with Crippen LogP contribution in [0, 0.1) is 16.0 Å². The van der Waals surface area contributed by atoms with Crippen LogP contribution in [0.25, 0.3) is 0 Å². The van der Waals surface area contributed by atoms with Crippen LogP contribution in [-0.2, 0) is 0 Å². The van der Waals surface area contributed by atoms with Crippen LogP contribution in [0.3, 0.4) is 0 Å². The fourth-order valence-corrected chi connectivity index (χ4v) is 5.76. The topological polar surface area (TPSA) is 96.3 Å². The molecule has 2 aliphatic rings. The van der Waals surface area contributed by atoms with Gasteiger partial charge in [-0.05, 0) is 66.4 Å². The molecule has 1 heterocycles. The number of nitrogens with zero attached hydrogens (tertiary/aromatic N) is 1. The van der Waals surface area contributed by atoms with Gasteiger partial charge in [0, 0.05) is 45.7 Å². The number of allylic oxidation sites excluding steroid dienone is 2. The highest BCUT2D eigenvalue weighted by Crippen LogP contribution is 2.52. The van der Waals surface area contributed by atoms with Crippen LogP contribution in [0.1, 0.15) is 39.9 Å². The number of non-ortho nitro benzene ring substituents is 1. The van der Waals surface area contributed by atoms with Gasteiger partial charge in [-0.3, -0.25) is 14.9 Å². The number of halogens is 1. The van der Waals surface area contributed by atoms with Gasteiger partial charge in [-0.1, -0.05) is 54.1 Å². The number of amides is 1. The van der Waals surface area contributed by atoms with E-state index in [1.807, 2.05) is 66.7 Å². The summed E-state index contributed by atoms with van der Waals surface area (Å²) in [6.45, 7) is 0. The van der Waals surface area contributed by atoms with Crippen LogP contribution in [0.15, 0.2) is 103 Å². The summed E-state index contributed by atoms with van der Waals surface area (Å²) < 4.78 is 0. The maximum Gasteiger partial charge on any atom is 0.269 e. The molecule has 1 aliphatic carbocycles. The molecule has 7 nitrogen and oxygen atoms in total. The average Bonchev–Trinajstić information content (AvgIpc) is 3.45. The quantitative estimate of drug-likeness (QED) is 0.131. The number of para-hydroxylation sites is 2. The second-order valence-electron chi connectivity index (χ2n) is 9.73. The molecule has 0 spiro atoms. The molecule has 6 rings (SSSR count). The van der Waals surface area contributed by atoms with Crippen molar-refractivity contribution in [2.45, 2.75) is 18.4 Å². The Labute approximate surface area is 230 Å². The molecule has 0 saturated heterocycles. The van der Waals surface area contributed by atoms with Crippen molar-refractivity contribution in [3.63, 3.8) is 0 Å². The third-order valence-corrected chi connectivity index (χ3v) is 7.72. The maximum atomic E-state index is 13.5. The van der Waals surface area contributed by atoms with Crippen molar-refractivity contribution in [3.05, 3.63) is 135 Å². The fourth-order valence-electron chi connectivity index (χ4n) is 5.53. The van der Waals surface area contributed by atoms with E-state index in [2.05, 4.69) is 28.1 Å². The highest BCUT2D eigenvalue weighted by Gasteiger charge is 2.40. The highest BCUT2D eigenvalue weighted by molar-refractivity contribution is 6.31. The average molecular weight is 537 g/mol. The van der Waals surface area contributed by atoms with Crippen molar-refractivity contribution in [1.29, 1.82) is 0 Å². The van der Waals surface area contributed by atoms with Gasteiger partial charge in [-0.25, -0.2) is 0 Å². The van der Waals surface area contributed by atoms with Gasteiger partial charge in [-0.2, -0.15) is 0 Å². The van der Waals surface area contributed by atoms with Gasteiger partial charge < -0.3 is 16.0 Å². The van der Waals surface area contributed by atoms with Crippen molar-refractivity contribution < 1.29 is 9.72 Å². The van der Waals surface area contributed by atoms with Crippen LogP contribution in [0.5, 0.6) is 0 Å². The maximum absolute atomic E-state index is 13.5. The van der Waals surface area contributed by atoms with Crippen molar-refractivity contribution in [2.75, 3.05) is 16.0 Å². The first-order chi connectivity index (χ1) is 19.0. The van der Waals surface area contributed by atoms with E-state index >= 15 is 0 Å². The van der Waals surface area contributed by atoms with Crippen molar-refractivity contribution in [3.8, 4) is 0 Å². The molecular weight excluding hydrogens is 512 g/mol. The third kappa shape index (κ3) is 4.84. The minimum atomic E-state index is -0.416. The van der Waals surface area contributed by atoms with Gasteiger partial charge >= 0.3 is 0 Å². The Morgan fingerprint density at radius 2 is 1.64 bits per heavy atom. The lowest BCUT2D eigenvalue weighted by Gasteiger charge is -2.38. The molecule has 4 aromatic rings. The number of carbonyl (C=O) groups excluding carboxylic acids is 1. The molecule has 8 heteroatoms. The number of anilines is 4. The molecular formula is C31H25ClN4O3. The molecule has 3 atom stereocenters. The summed E-state index contributed by atoms with van der Waals surface area (Å²) in [6.07, 6.45) is 5.09. The summed E-state index contributed by atoms with van der Waals surface area (Å²) in [6, 6.07) is 27.3.